The molecule has 0 N–H and O–H groups in total. The second-order valence-electron chi connectivity index (χ2n) is 4.14. The fraction of sp³-hybridized carbons (Fsp3) is 0.636. The van der Waals surface area contributed by atoms with E-state index in [0.29, 0.717) is 17.9 Å². The molecule has 0 aromatic carbocycles. The molecule has 70 valence electrons. The average molecular weight is 177 g/mol. The van der Waals surface area contributed by atoms with Crippen molar-refractivity contribution in [3.8, 4) is 0 Å². The zero-order valence-corrected chi connectivity index (χ0v) is 8.19. The molecule has 1 heterocycles. The Morgan fingerprint density at radius 3 is 3.08 bits per heavy atom. The van der Waals surface area contributed by atoms with E-state index in [4.69, 9.17) is 0 Å². The zero-order chi connectivity index (χ0) is 9.26. The van der Waals surface area contributed by atoms with Gasteiger partial charge in [0.25, 0.3) is 0 Å². The van der Waals surface area contributed by atoms with Crippen LogP contribution in [0.2, 0.25) is 0 Å². The molecule has 0 spiro atoms. The largest absolute Gasteiger partial charge is 0.269 e. The standard InChI is InChI=1S/C11H17N2/c1-13(2)11-5-3-4-9-8-12-7-6-10(9)11/h6-11H,1,3-5H2,2H3/q+1. The molecule has 1 aliphatic carbocycles. The molecule has 2 heteroatoms. The maximum absolute atomic E-state index is 4.21. The smallest absolute Gasteiger partial charge is 0.158 e. The van der Waals surface area contributed by atoms with E-state index in [1.54, 1.807) is 0 Å². The molecule has 13 heavy (non-hydrogen) atoms. The topological polar surface area (TPSA) is 15.4 Å². The number of hydrogen-bond donors (Lipinski definition) is 0. The van der Waals surface area contributed by atoms with Crippen molar-refractivity contribution < 1.29 is 4.58 Å². The molecule has 0 aromatic heterocycles. The fourth-order valence-electron chi connectivity index (χ4n) is 2.50. The van der Waals surface area contributed by atoms with E-state index in [-0.39, 0.29) is 0 Å². The van der Waals surface area contributed by atoms with Crippen LogP contribution in [0.5, 0.6) is 0 Å². The first-order chi connectivity index (χ1) is 6.29. The monoisotopic (exact) mass is 177 g/mol. The molecule has 0 aromatic rings. The van der Waals surface area contributed by atoms with Gasteiger partial charge in [0, 0.05) is 30.7 Å². The molecule has 0 radical (unpaired) electrons. The summed E-state index contributed by atoms with van der Waals surface area (Å²) in [7, 11) is 2.08. The Hall–Kier alpha value is -0.920. The van der Waals surface area contributed by atoms with E-state index in [2.05, 4.69) is 35.6 Å². The second-order valence-corrected chi connectivity index (χ2v) is 4.14. The number of aliphatic imine (C=N–C) groups is 1. The highest BCUT2D eigenvalue weighted by molar-refractivity contribution is 5.64. The molecule has 2 rings (SSSR count). The second kappa shape index (κ2) is 3.44. The number of hydrogen-bond acceptors (Lipinski definition) is 1. The van der Waals surface area contributed by atoms with Gasteiger partial charge in [0.1, 0.15) is 13.8 Å². The van der Waals surface area contributed by atoms with Gasteiger partial charge in [-0.15, -0.1) is 0 Å². The van der Waals surface area contributed by atoms with Crippen molar-refractivity contribution in [3.05, 3.63) is 12.3 Å². The minimum Gasteiger partial charge on any atom is -0.269 e. The Morgan fingerprint density at radius 2 is 2.31 bits per heavy atom. The van der Waals surface area contributed by atoms with Crippen LogP contribution >= 0.6 is 0 Å². The molecule has 1 saturated carbocycles. The highest BCUT2D eigenvalue weighted by Crippen LogP contribution is 2.33. The van der Waals surface area contributed by atoms with E-state index in [9.17, 15) is 0 Å². The van der Waals surface area contributed by atoms with E-state index in [1.165, 1.54) is 19.3 Å². The first kappa shape index (κ1) is 8.67. The van der Waals surface area contributed by atoms with Crippen molar-refractivity contribution >= 4 is 12.9 Å². The van der Waals surface area contributed by atoms with Crippen molar-refractivity contribution in [2.45, 2.75) is 25.3 Å². The van der Waals surface area contributed by atoms with Gasteiger partial charge in [0.15, 0.2) is 6.04 Å². The molecule has 2 nitrogen and oxygen atoms in total. The highest BCUT2D eigenvalue weighted by atomic mass is 15.0. The van der Waals surface area contributed by atoms with Gasteiger partial charge in [-0.2, -0.15) is 0 Å². The predicted molar refractivity (Wildman–Crippen MR) is 55.6 cm³/mol. The van der Waals surface area contributed by atoms with E-state index in [0.717, 1.165) is 0 Å². The summed E-state index contributed by atoms with van der Waals surface area (Å²) >= 11 is 0. The zero-order valence-electron chi connectivity index (χ0n) is 8.19. The third-order valence-electron chi connectivity index (χ3n) is 3.21. The third kappa shape index (κ3) is 1.58. The first-order valence-electron chi connectivity index (χ1n) is 5.02. The SMILES string of the molecule is C=[N+](C)C1CCCC2C=NC=CC21. The number of nitrogens with zero attached hydrogens (tertiary/aromatic N) is 2. The molecule has 0 amide bonds. The van der Waals surface area contributed by atoms with Gasteiger partial charge in [0.05, 0.1) is 0 Å². The highest BCUT2D eigenvalue weighted by Gasteiger charge is 2.36. The summed E-state index contributed by atoms with van der Waals surface area (Å²) in [5.74, 6) is 1.31. The Balaban J connectivity index is 2.17. The van der Waals surface area contributed by atoms with Gasteiger partial charge in [-0.1, -0.05) is 6.08 Å². The van der Waals surface area contributed by atoms with E-state index in [1.807, 2.05) is 6.20 Å². The molecule has 1 aliphatic heterocycles. The summed E-state index contributed by atoms with van der Waals surface area (Å²) in [6, 6.07) is 0.613. The molecular formula is C11H17N2+. The van der Waals surface area contributed by atoms with Gasteiger partial charge < -0.3 is 0 Å². The van der Waals surface area contributed by atoms with Crippen molar-refractivity contribution in [2.75, 3.05) is 7.05 Å². The van der Waals surface area contributed by atoms with Crippen LogP contribution in [0.25, 0.3) is 0 Å². The Kier molecular flexibility index (Phi) is 2.30. The quantitative estimate of drug-likeness (QED) is 0.428. The van der Waals surface area contributed by atoms with Crippen LogP contribution in [0.1, 0.15) is 19.3 Å². The van der Waals surface area contributed by atoms with Gasteiger partial charge >= 0.3 is 0 Å². The number of rotatable bonds is 1. The minimum atomic E-state index is 0.613. The molecule has 1 fully saturated rings. The molecule has 0 saturated heterocycles. The van der Waals surface area contributed by atoms with Crippen LogP contribution in [0.4, 0.5) is 0 Å². The van der Waals surface area contributed by atoms with Crippen LogP contribution in [-0.4, -0.2) is 30.6 Å². The molecular weight excluding hydrogens is 160 g/mol. The normalized spacial score (nSPS) is 37.2. The Bertz CT molecular complexity index is 265. The van der Waals surface area contributed by atoms with Gasteiger partial charge in [-0.3, -0.25) is 4.99 Å². The van der Waals surface area contributed by atoms with Crippen molar-refractivity contribution in [3.63, 3.8) is 0 Å². The summed E-state index contributed by atoms with van der Waals surface area (Å²) in [6.07, 6.45) is 10.2. The van der Waals surface area contributed by atoms with Crippen LogP contribution in [0, 0.1) is 11.8 Å². The lowest BCUT2D eigenvalue weighted by Gasteiger charge is -2.32. The average Bonchev–Trinajstić information content (AvgIpc) is 2.17. The minimum absolute atomic E-state index is 0.613. The molecule has 2 aliphatic rings. The maximum Gasteiger partial charge on any atom is 0.158 e. The van der Waals surface area contributed by atoms with Crippen molar-refractivity contribution in [2.24, 2.45) is 16.8 Å². The molecule has 0 bridgehead atoms. The van der Waals surface area contributed by atoms with Gasteiger partial charge in [-0.25, -0.2) is 4.58 Å². The lowest BCUT2D eigenvalue weighted by atomic mass is 9.75. The summed E-state index contributed by atoms with van der Waals surface area (Å²) in [6.45, 7) is 4.01. The Labute approximate surface area is 79.7 Å². The van der Waals surface area contributed by atoms with Crippen LogP contribution < -0.4 is 0 Å². The maximum atomic E-state index is 4.21. The number of fused-ring (bicyclic) bond motifs is 1. The van der Waals surface area contributed by atoms with E-state index < -0.39 is 0 Å². The molecule has 3 unspecified atom stereocenters. The third-order valence-corrected chi connectivity index (χ3v) is 3.21. The summed E-state index contributed by atoms with van der Waals surface area (Å²) in [5, 5.41) is 0. The van der Waals surface area contributed by atoms with Crippen molar-refractivity contribution in [1.29, 1.82) is 0 Å². The fourth-order valence-corrected chi connectivity index (χ4v) is 2.50. The van der Waals surface area contributed by atoms with Crippen molar-refractivity contribution in [1.82, 2.24) is 0 Å². The van der Waals surface area contributed by atoms with Crippen LogP contribution in [0.15, 0.2) is 17.3 Å². The lowest BCUT2D eigenvalue weighted by molar-refractivity contribution is -0.541. The lowest BCUT2D eigenvalue weighted by Crippen LogP contribution is -2.39. The Morgan fingerprint density at radius 1 is 1.46 bits per heavy atom. The predicted octanol–water partition coefficient (Wildman–Crippen LogP) is 1.71. The van der Waals surface area contributed by atoms with Gasteiger partial charge in [-0.05, 0) is 12.8 Å². The summed E-state index contributed by atoms with van der Waals surface area (Å²) in [4.78, 5) is 4.21. The summed E-state index contributed by atoms with van der Waals surface area (Å²) < 4.78 is 2.11. The first-order valence-corrected chi connectivity index (χ1v) is 5.02. The molecule has 3 atom stereocenters. The van der Waals surface area contributed by atoms with Crippen LogP contribution in [-0.2, 0) is 0 Å². The van der Waals surface area contributed by atoms with E-state index >= 15 is 0 Å². The van der Waals surface area contributed by atoms with Gasteiger partial charge in [0.2, 0.25) is 0 Å². The summed E-state index contributed by atoms with van der Waals surface area (Å²) in [5.41, 5.74) is 0. The van der Waals surface area contributed by atoms with Crippen LogP contribution in [0.3, 0.4) is 0 Å².